The van der Waals surface area contributed by atoms with Gasteiger partial charge in [0, 0.05) is 6.42 Å². The molecule has 1 saturated heterocycles. The van der Waals surface area contributed by atoms with E-state index in [1.54, 1.807) is 30.3 Å². The molecule has 0 aromatic heterocycles. The van der Waals surface area contributed by atoms with Crippen molar-refractivity contribution in [2.45, 2.75) is 43.8 Å². The molecule has 3 atom stereocenters. The fraction of sp³-hybridized carbons (Fsp3) is 0.450. The third-order valence-corrected chi connectivity index (χ3v) is 4.74. The number of carbonyl (C=O) groups excluding carboxylic acids is 4. The Kier molecular flexibility index (Phi) is 8.94. The summed E-state index contributed by atoms with van der Waals surface area (Å²) in [4.78, 5) is 59.9. The highest BCUT2D eigenvalue weighted by atomic mass is 16.4. The summed E-state index contributed by atoms with van der Waals surface area (Å²) in [7, 11) is 0. The van der Waals surface area contributed by atoms with Crippen molar-refractivity contribution in [3.05, 3.63) is 35.9 Å². The minimum absolute atomic E-state index is 0.0828. The Balaban J connectivity index is 2.11. The third kappa shape index (κ3) is 8.05. The Morgan fingerprint density at radius 1 is 1.06 bits per heavy atom. The van der Waals surface area contributed by atoms with E-state index < -0.39 is 60.7 Å². The molecule has 4 amide bonds. The summed E-state index contributed by atoms with van der Waals surface area (Å²) in [6, 6.07) is 5.95. The molecule has 0 bridgehead atoms. The molecule has 11 nitrogen and oxygen atoms in total. The van der Waals surface area contributed by atoms with Gasteiger partial charge in [0.25, 0.3) is 0 Å². The van der Waals surface area contributed by atoms with Crippen molar-refractivity contribution in [3.8, 4) is 0 Å². The lowest BCUT2D eigenvalue weighted by molar-refractivity contribution is -0.138. The Morgan fingerprint density at radius 3 is 2.35 bits per heavy atom. The molecule has 31 heavy (non-hydrogen) atoms. The van der Waals surface area contributed by atoms with E-state index in [0.29, 0.717) is 13.0 Å². The number of rotatable bonds is 11. The molecule has 3 unspecified atom stereocenters. The summed E-state index contributed by atoms with van der Waals surface area (Å²) in [6.07, 6.45) is 1.05. The van der Waals surface area contributed by atoms with Gasteiger partial charge in [-0.2, -0.15) is 0 Å². The Bertz CT molecular complexity index is 810. The van der Waals surface area contributed by atoms with Crippen LogP contribution < -0.4 is 27.0 Å². The zero-order chi connectivity index (χ0) is 22.8. The molecule has 11 heteroatoms. The van der Waals surface area contributed by atoms with E-state index in [1.807, 2.05) is 0 Å². The van der Waals surface area contributed by atoms with E-state index in [1.165, 1.54) is 0 Å². The predicted molar refractivity (Wildman–Crippen MR) is 109 cm³/mol. The van der Waals surface area contributed by atoms with E-state index in [-0.39, 0.29) is 6.42 Å². The quantitative estimate of drug-likeness (QED) is 0.234. The summed E-state index contributed by atoms with van der Waals surface area (Å²) >= 11 is 0. The number of benzene rings is 1. The first-order valence-corrected chi connectivity index (χ1v) is 9.92. The summed E-state index contributed by atoms with van der Waals surface area (Å²) in [5.41, 5.74) is 5.95. The molecule has 0 aliphatic carbocycles. The monoisotopic (exact) mass is 433 g/mol. The highest BCUT2D eigenvalue weighted by Crippen LogP contribution is 2.07. The highest BCUT2D eigenvalue weighted by Gasteiger charge is 2.31. The van der Waals surface area contributed by atoms with Crippen LogP contribution in [0.25, 0.3) is 0 Å². The maximum atomic E-state index is 12.8. The largest absolute Gasteiger partial charge is 0.480 e. The molecule has 0 spiro atoms. The van der Waals surface area contributed by atoms with Gasteiger partial charge in [-0.05, 0) is 24.9 Å². The van der Waals surface area contributed by atoms with Gasteiger partial charge in [-0.15, -0.1) is 0 Å². The van der Waals surface area contributed by atoms with Crippen LogP contribution in [0, 0.1) is 0 Å². The number of nitrogens with one attached hydrogen (secondary N) is 4. The molecule has 1 aliphatic rings. The zero-order valence-electron chi connectivity index (χ0n) is 16.9. The minimum atomic E-state index is -1.27. The molecule has 1 fully saturated rings. The van der Waals surface area contributed by atoms with Crippen LogP contribution in [-0.4, -0.2) is 65.9 Å². The van der Waals surface area contributed by atoms with Gasteiger partial charge in [0.15, 0.2) is 0 Å². The Hall–Kier alpha value is -3.47. The Morgan fingerprint density at radius 2 is 1.77 bits per heavy atom. The van der Waals surface area contributed by atoms with Crippen molar-refractivity contribution in [2.75, 3.05) is 13.1 Å². The molecule has 0 radical (unpaired) electrons. The fourth-order valence-electron chi connectivity index (χ4n) is 3.21. The summed E-state index contributed by atoms with van der Waals surface area (Å²) in [5.74, 6) is -3.94. The molecule has 1 aromatic rings. The van der Waals surface area contributed by atoms with Crippen molar-refractivity contribution in [1.82, 2.24) is 21.3 Å². The predicted octanol–water partition coefficient (Wildman–Crippen LogP) is -1.97. The van der Waals surface area contributed by atoms with E-state index >= 15 is 0 Å². The van der Waals surface area contributed by atoms with Crippen LogP contribution in [0.5, 0.6) is 0 Å². The number of carbonyl (C=O) groups is 5. The van der Waals surface area contributed by atoms with Gasteiger partial charge in [-0.3, -0.25) is 24.0 Å². The van der Waals surface area contributed by atoms with Crippen LogP contribution in [0.1, 0.15) is 24.8 Å². The second-order valence-corrected chi connectivity index (χ2v) is 7.24. The number of amides is 4. The van der Waals surface area contributed by atoms with E-state index in [0.717, 1.165) is 12.0 Å². The lowest BCUT2D eigenvalue weighted by Gasteiger charge is -2.23. The van der Waals surface area contributed by atoms with Gasteiger partial charge < -0.3 is 32.1 Å². The number of nitrogens with two attached hydrogens (primary N) is 1. The number of carboxylic acid groups (broad SMARTS) is 1. The summed E-state index contributed by atoms with van der Waals surface area (Å²) in [5, 5.41) is 19.0. The third-order valence-electron chi connectivity index (χ3n) is 4.74. The number of hydrogen-bond donors (Lipinski definition) is 6. The number of hydrogen-bond acceptors (Lipinski definition) is 6. The molecule has 0 saturated carbocycles. The van der Waals surface area contributed by atoms with E-state index in [2.05, 4.69) is 21.3 Å². The second kappa shape index (κ2) is 11.6. The SMILES string of the molecule is NC(=O)CC(NC(=O)C1CCCN1)C(=O)NC(Cc1ccccc1)C(=O)NCC(=O)O. The van der Waals surface area contributed by atoms with Crippen molar-refractivity contribution in [3.63, 3.8) is 0 Å². The van der Waals surface area contributed by atoms with Crippen molar-refractivity contribution in [2.24, 2.45) is 5.73 Å². The average Bonchev–Trinajstić information content (AvgIpc) is 3.26. The highest BCUT2D eigenvalue weighted by molar-refractivity contribution is 5.96. The summed E-state index contributed by atoms with van der Waals surface area (Å²) in [6.45, 7) is 0.0580. The second-order valence-electron chi connectivity index (χ2n) is 7.24. The van der Waals surface area contributed by atoms with Crippen LogP contribution in [0.3, 0.4) is 0 Å². The van der Waals surface area contributed by atoms with Crippen molar-refractivity contribution < 1.29 is 29.1 Å². The number of carboxylic acids is 1. The van der Waals surface area contributed by atoms with Gasteiger partial charge in [-0.1, -0.05) is 30.3 Å². The number of primary amides is 1. The van der Waals surface area contributed by atoms with Gasteiger partial charge in [0.2, 0.25) is 23.6 Å². The maximum absolute atomic E-state index is 12.8. The smallest absolute Gasteiger partial charge is 0.322 e. The molecule has 1 aliphatic heterocycles. The first-order valence-electron chi connectivity index (χ1n) is 9.92. The fourth-order valence-corrected chi connectivity index (χ4v) is 3.21. The van der Waals surface area contributed by atoms with E-state index in [4.69, 9.17) is 10.8 Å². The maximum Gasteiger partial charge on any atom is 0.322 e. The van der Waals surface area contributed by atoms with Gasteiger partial charge in [0.1, 0.15) is 18.6 Å². The van der Waals surface area contributed by atoms with Gasteiger partial charge >= 0.3 is 5.97 Å². The molecule has 7 N–H and O–H groups in total. The molecule has 1 aromatic carbocycles. The first kappa shape index (κ1) is 23.8. The zero-order valence-corrected chi connectivity index (χ0v) is 16.9. The first-order chi connectivity index (χ1) is 14.8. The summed E-state index contributed by atoms with van der Waals surface area (Å²) < 4.78 is 0. The van der Waals surface area contributed by atoms with E-state index in [9.17, 15) is 24.0 Å². The normalized spacial score (nSPS) is 17.2. The number of aliphatic carboxylic acids is 1. The molecular formula is C20H27N5O6. The van der Waals surface area contributed by atoms with Gasteiger partial charge in [0.05, 0.1) is 12.5 Å². The average molecular weight is 433 g/mol. The van der Waals surface area contributed by atoms with Crippen LogP contribution >= 0.6 is 0 Å². The Labute approximate surface area is 179 Å². The minimum Gasteiger partial charge on any atom is -0.480 e. The lowest BCUT2D eigenvalue weighted by Crippen LogP contribution is -2.57. The standard InChI is InChI=1S/C20H27N5O6/c21-16(26)10-15(25-19(30)13-7-4-8-22-13)20(31)24-14(18(29)23-11-17(27)28)9-12-5-2-1-3-6-12/h1-3,5-6,13-15,22H,4,7-11H2,(H2,21,26)(H,23,29)(H,24,31)(H,25,30)(H,27,28). The topological polar surface area (TPSA) is 180 Å². The van der Waals surface area contributed by atoms with Crippen LogP contribution in [-0.2, 0) is 30.4 Å². The van der Waals surface area contributed by atoms with Gasteiger partial charge in [-0.25, -0.2) is 0 Å². The van der Waals surface area contributed by atoms with Crippen molar-refractivity contribution >= 4 is 29.6 Å². The molecular weight excluding hydrogens is 406 g/mol. The molecule has 2 rings (SSSR count). The lowest BCUT2D eigenvalue weighted by atomic mass is 10.0. The van der Waals surface area contributed by atoms with Crippen LogP contribution in [0.4, 0.5) is 0 Å². The van der Waals surface area contributed by atoms with Crippen molar-refractivity contribution in [1.29, 1.82) is 0 Å². The molecule has 168 valence electrons. The van der Waals surface area contributed by atoms with Crippen LogP contribution in [0.15, 0.2) is 30.3 Å². The molecule has 1 heterocycles. The van der Waals surface area contributed by atoms with Crippen LogP contribution in [0.2, 0.25) is 0 Å².